The normalized spacial score (nSPS) is 11.3. The van der Waals surface area contributed by atoms with Crippen LogP contribution in [0, 0.1) is 13.8 Å². The van der Waals surface area contributed by atoms with E-state index in [2.05, 4.69) is 14.9 Å². The molecular formula is C13H15N3O4S. The molecule has 0 aliphatic carbocycles. The van der Waals surface area contributed by atoms with Crippen molar-refractivity contribution in [1.29, 1.82) is 0 Å². The highest BCUT2D eigenvalue weighted by Crippen LogP contribution is 2.19. The molecule has 0 bridgehead atoms. The number of H-pyrrole nitrogens is 1. The molecular weight excluding hydrogens is 294 g/mol. The van der Waals surface area contributed by atoms with E-state index in [9.17, 15) is 13.2 Å². The van der Waals surface area contributed by atoms with Crippen molar-refractivity contribution in [1.82, 2.24) is 10.2 Å². The Hall–Kier alpha value is -2.35. The first-order valence-corrected chi connectivity index (χ1v) is 7.78. The maximum Gasteiger partial charge on any atom is 0.335 e. The lowest BCUT2D eigenvalue weighted by Crippen LogP contribution is -2.16. The summed E-state index contributed by atoms with van der Waals surface area (Å²) in [6, 6.07) is 5.72. The van der Waals surface area contributed by atoms with Crippen molar-refractivity contribution >= 4 is 21.7 Å². The number of hydrogen-bond acceptors (Lipinski definition) is 4. The van der Waals surface area contributed by atoms with Gasteiger partial charge in [0.2, 0.25) is 10.0 Å². The number of anilines is 1. The zero-order valence-corrected chi connectivity index (χ0v) is 12.4. The fraction of sp³-hybridized carbons (Fsp3) is 0.231. The first kappa shape index (κ1) is 15.0. The largest absolute Gasteiger partial charge is 0.478 e. The third kappa shape index (κ3) is 3.60. The van der Waals surface area contributed by atoms with Crippen molar-refractivity contribution in [2.45, 2.75) is 19.6 Å². The van der Waals surface area contributed by atoms with Crippen LogP contribution in [-0.2, 0) is 15.8 Å². The standard InChI is InChI=1S/C13H15N3O4S/c1-8-12(9(2)15-14-8)16-21(19,20)7-10-3-5-11(6-4-10)13(17)18/h3-6,16H,7H2,1-2H3,(H,14,15)(H,17,18). The molecule has 0 radical (unpaired) electrons. The second kappa shape index (κ2) is 5.57. The molecule has 1 heterocycles. The molecule has 0 unspecified atom stereocenters. The Morgan fingerprint density at radius 1 is 1.29 bits per heavy atom. The van der Waals surface area contributed by atoms with E-state index < -0.39 is 16.0 Å². The Morgan fingerprint density at radius 3 is 2.38 bits per heavy atom. The van der Waals surface area contributed by atoms with Crippen molar-refractivity contribution < 1.29 is 18.3 Å². The highest BCUT2D eigenvalue weighted by molar-refractivity contribution is 7.91. The highest BCUT2D eigenvalue weighted by Gasteiger charge is 2.16. The lowest BCUT2D eigenvalue weighted by atomic mass is 10.1. The number of rotatable bonds is 5. The van der Waals surface area contributed by atoms with Crippen LogP contribution in [0.4, 0.5) is 5.69 Å². The zero-order valence-electron chi connectivity index (χ0n) is 11.5. The molecule has 0 atom stereocenters. The first-order valence-electron chi connectivity index (χ1n) is 6.13. The van der Waals surface area contributed by atoms with E-state index in [1.807, 2.05) is 0 Å². The fourth-order valence-electron chi connectivity index (χ4n) is 1.86. The van der Waals surface area contributed by atoms with Gasteiger partial charge in [-0.15, -0.1) is 0 Å². The zero-order chi connectivity index (χ0) is 15.6. The molecule has 1 aromatic carbocycles. The van der Waals surface area contributed by atoms with Gasteiger partial charge < -0.3 is 5.11 Å². The van der Waals surface area contributed by atoms with Crippen LogP contribution in [0.1, 0.15) is 27.3 Å². The molecule has 112 valence electrons. The predicted octanol–water partition coefficient (Wildman–Crippen LogP) is 1.67. The molecule has 0 spiro atoms. The number of hydrogen-bond donors (Lipinski definition) is 3. The van der Waals surface area contributed by atoms with Gasteiger partial charge in [-0.25, -0.2) is 13.2 Å². The summed E-state index contributed by atoms with van der Waals surface area (Å²) < 4.78 is 26.7. The van der Waals surface area contributed by atoms with Crippen LogP contribution in [0.15, 0.2) is 24.3 Å². The van der Waals surface area contributed by atoms with Crippen LogP contribution in [-0.4, -0.2) is 29.7 Å². The Morgan fingerprint density at radius 2 is 1.90 bits per heavy atom. The van der Waals surface area contributed by atoms with E-state index >= 15 is 0 Å². The number of benzene rings is 1. The minimum Gasteiger partial charge on any atom is -0.478 e. The molecule has 7 nitrogen and oxygen atoms in total. The van der Waals surface area contributed by atoms with Gasteiger partial charge in [-0.2, -0.15) is 5.10 Å². The Kier molecular flexibility index (Phi) is 3.99. The predicted molar refractivity (Wildman–Crippen MR) is 77.7 cm³/mol. The highest BCUT2D eigenvalue weighted by atomic mass is 32.2. The van der Waals surface area contributed by atoms with Crippen LogP contribution >= 0.6 is 0 Å². The third-order valence-corrected chi connectivity index (χ3v) is 4.17. The van der Waals surface area contributed by atoms with E-state index in [0.29, 0.717) is 22.6 Å². The van der Waals surface area contributed by atoms with Crippen molar-refractivity contribution in [2.24, 2.45) is 0 Å². The summed E-state index contributed by atoms with van der Waals surface area (Å²) in [6.45, 7) is 3.42. The molecule has 2 aromatic rings. The fourth-order valence-corrected chi connectivity index (χ4v) is 3.17. The summed E-state index contributed by atoms with van der Waals surface area (Å²) in [6.07, 6.45) is 0. The number of aromatic nitrogens is 2. The number of aryl methyl sites for hydroxylation is 2. The summed E-state index contributed by atoms with van der Waals surface area (Å²) in [7, 11) is -3.59. The van der Waals surface area contributed by atoms with E-state index in [0.717, 1.165) is 0 Å². The number of nitrogens with one attached hydrogen (secondary N) is 2. The quantitative estimate of drug-likeness (QED) is 0.777. The smallest absolute Gasteiger partial charge is 0.335 e. The number of carboxylic acids is 1. The Labute approximate surface area is 122 Å². The molecule has 0 aliphatic heterocycles. The summed E-state index contributed by atoms with van der Waals surface area (Å²) in [5.41, 5.74) is 2.27. The van der Waals surface area contributed by atoms with E-state index in [4.69, 9.17) is 5.11 Å². The maximum atomic E-state index is 12.1. The van der Waals surface area contributed by atoms with Crippen molar-refractivity contribution in [3.05, 3.63) is 46.8 Å². The van der Waals surface area contributed by atoms with Crippen LogP contribution in [0.5, 0.6) is 0 Å². The van der Waals surface area contributed by atoms with Gasteiger partial charge in [0.1, 0.15) is 0 Å². The second-order valence-corrected chi connectivity index (χ2v) is 6.39. The van der Waals surface area contributed by atoms with Crippen LogP contribution in [0.3, 0.4) is 0 Å². The van der Waals surface area contributed by atoms with E-state index in [-0.39, 0.29) is 11.3 Å². The number of aromatic amines is 1. The minimum atomic E-state index is -3.59. The van der Waals surface area contributed by atoms with Gasteiger partial charge in [0.25, 0.3) is 0 Å². The molecule has 0 aliphatic rings. The number of sulfonamides is 1. The van der Waals surface area contributed by atoms with Crippen LogP contribution in [0.25, 0.3) is 0 Å². The van der Waals surface area contributed by atoms with Gasteiger partial charge in [-0.1, -0.05) is 12.1 Å². The second-order valence-electron chi connectivity index (χ2n) is 4.67. The summed E-state index contributed by atoms with van der Waals surface area (Å²) in [5, 5.41) is 15.4. The summed E-state index contributed by atoms with van der Waals surface area (Å²) in [4.78, 5) is 10.7. The van der Waals surface area contributed by atoms with Gasteiger partial charge in [-0.05, 0) is 31.5 Å². The molecule has 3 N–H and O–H groups in total. The molecule has 0 saturated heterocycles. The van der Waals surface area contributed by atoms with Crippen molar-refractivity contribution in [2.75, 3.05) is 4.72 Å². The van der Waals surface area contributed by atoms with Gasteiger partial charge in [0, 0.05) is 0 Å². The van der Waals surface area contributed by atoms with Gasteiger partial charge in [0.05, 0.1) is 28.4 Å². The molecule has 8 heteroatoms. The molecule has 0 fully saturated rings. The van der Waals surface area contributed by atoms with E-state index in [1.54, 1.807) is 13.8 Å². The maximum absolute atomic E-state index is 12.1. The van der Waals surface area contributed by atoms with Crippen molar-refractivity contribution in [3.8, 4) is 0 Å². The number of nitrogens with zero attached hydrogens (tertiary/aromatic N) is 1. The van der Waals surface area contributed by atoms with Gasteiger partial charge in [0.15, 0.2) is 0 Å². The first-order chi connectivity index (χ1) is 9.78. The number of aromatic carboxylic acids is 1. The average Bonchev–Trinajstić information content (AvgIpc) is 2.70. The SMILES string of the molecule is Cc1n[nH]c(C)c1NS(=O)(=O)Cc1ccc(C(=O)O)cc1. The topological polar surface area (TPSA) is 112 Å². The molecule has 1 aromatic heterocycles. The van der Waals surface area contributed by atoms with Crippen LogP contribution in [0.2, 0.25) is 0 Å². The monoisotopic (exact) mass is 309 g/mol. The molecule has 21 heavy (non-hydrogen) atoms. The summed E-state index contributed by atoms with van der Waals surface area (Å²) in [5.74, 6) is -1.29. The lowest BCUT2D eigenvalue weighted by molar-refractivity contribution is 0.0697. The summed E-state index contributed by atoms with van der Waals surface area (Å²) >= 11 is 0. The van der Waals surface area contributed by atoms with Crippen molar-refractivity contribution in [3.63, 3.8) is 0 Å². The molecule has 0 amide bonds. The molecule has 2 rings (SSSR count). The Bertz CT molecular complexity index is 744. The Balaban J connectivity index is 2.16. The van der Waals surface area contributed by atoms with Gasteiger partial charge >= 0.3 is 5.97 Å². The molecule has 0 saturated carbocycles. The third-order valence-electron chi connectivity index (χ3n) is 2.94. The number of carboxylic acid groups (broad SMARTS) is 1. The average molecular weight is 309 g/mol. The minimum absolute atomic E-state index is 0.116. The lowest BCUT2D eigenvalue weighted by Gasteiger charge is -2.08. The van der Waals surface area contributed by atoms with E-state index in [1.165, 1.54) is 24.3 Å². The number of carbonyl (C=O) groups is 1. The van der Waals surface area contributed by atoms with Crippen LogP contribution < -0.4 is 4.72 Å². The van der Waals surface area contributed by atoms with Gasteiger partial charge in [-0.3, -0.25) is 9.82 Å².